The van der Waals surface area contributed by atoms with Crippen molar-refractivity contribution in [3.63, 3.8) is 0 Å². The average molecular weight is 370 g/mol. The predicted molar refractivity (Wildman–Crippen MR) is 91.5 cm³/mol. The summed E-state index contributed by atoms with van der Waals surface area (Å²) in [6.07, 6.45) is -0.0713. The van der Waals surface area contributed by atoms with E-state index in [4.69, 9.17) is 0 Å². The number of alkyl halides is 3. The van der Waals surface area contributed by atoms with E-state index in [0.29, 0.717) is 13.0 Å². The lowest BCUT2D eigenvalue weighted by Crippen LogP contribution is -2.35. The Morgan fingerprint density at radius 2 is 2.04 bits per heavy atom. The van der Waals surface area contributed by atoms with Crippen LogP contribution in [0.4, 0.5) is 18.9 Å². The smallest absolute Gasteiger partial charge is 0.370 e. The first kappa shape index (κ1) is 20.0. The summed E-state index contributed by atoms with van der Waals surface area (Å²) >= 11 is 0. The lowest BCUT2D eigenvalue weighted by atomic mass is 10.2. The Bertz CT molecular complexity index is 657. The second-order valence-electron chi connectivity index (χ2n) is 6.11. The molecule has 1 atom stereocenters. The normalized spacial score (nSPS) is 16.3. The number of halogens is 3. The van der Waals surface area contributed by atoms with Crippen LogP contribution in [0.3, 0.4) is 0 Å². The molecular formula is C18H21F3N2O3. The van der Waals surface area contributed by atoms with Crippen molar-refractivity contribution in [3.8, 4) is 0 Å². The highest BCUT2D eigenvalue weighted by Crippen LogP contribution is 2.21. The Balaban J connectivity index is 1.79. The molecule has 2 rings (SSSR count). The van der Waals surface area contributed by atoms with Crippen LogP contribution in [0.15, 0.2) is 30.3 Å². The largest absolute Gasteiger partial charge is 0.411 e. The molecule has 0 aliphatic carbocycles. The third-order valence-electron chi connectivity index (χ3n) is 3.73. The second-order valence-corrected chi connectivity index (χ2v) is 6.11. The molecule has 1 heterocycles. The highest BCUT2D eigenvalue weighted by molar-refractivity contribution is 5.95. The maximum atomic E-state index is 12.0. The van der Waals surface area contributed by atoms with Gasteiger partial charge in [0, 0.05) is 30.8 Å². The van der Waals surface area contributed by atoms with Gasteiger partial charge in [-0.05, 0) is 37.1 Å². The van der Waals surface area contributed by atoms with Crippen LogP contribution < -0.4 is 10.2 Å². The number of anilines is 1. The number of hydrogen-bond acceptors (Lipinski definition) is 3. The van der Waals surface area contributed by atoms with E-state index in [1.165, 1.54) is 6.08 Å². The summed E-state index contributed by atoms with van der Waals surface area (Å²) in [5.74, 6) is -0.318. The van der Waals surface area contributed by atoms with Crippen molar-refractivity contribution in [3.05, 3.63) is 35.9 Å². The summed E-state index contributed by atoms with van der Waals surface area (Å²) in [6.45, 7) is 0.710. The molecule has 0 radical (unpaired) electrons. The third-order valence-corrected chi connectivity index (χ3v) is 3.73. The van der Waals surface area contributed by atoms with E-state index in [1.54, 1.807) is 30.0 Å². The fourth-order valence-corrected chi connectivity index (χ4v) is 2.54. The van der Waals surface area contributed by atoms with Crippen molar-refractivity contribution in [2.24, 2.45) is 0 Å². The monoisotopic (exact) mass is 370 g/mol. The van der Waals surface area contributed by atoms with Crippen molar-refractivity contribution in [1.29, 1.82) is 0 Å². The van der Waals surface area contributed by atoms with E-state index in [9.17, 15) is 22.8 Å². The van der Waals surface area contributed by atoms with E-state index >= 15 is 0 Å². The van der Waals surface area contributed by atoms with Gasteiger partial charge >= 0.3 is 6.18 Å². The molecule has 1 aliphatic heterocycles. The van der Waals surface area contributed by atoms with Gasteiger partial charge in [-0.25, -0.2) is 0 Å². The van der Waals surface area contributed by atoms with Crippen LogP contribution in [-0.4, -0.2) is 43.8 Å². The zero-order valence-corrected chi connectivity index (χ0v) is 14.4. The minimum Gasteiger partial charge on any atom is -0.370 e. The standard InChI is InChI=1S/C18H21F3N2O3/c1-13(11-26-12-18(19,20)21)22-16(24)9-6-14-4-7-15(8-5-14)23-10-2-3-17(23)25/h4-9,13H,2-3,10-12H2,1H3,(H,22,24)/b9-6+. The molecule has 1 aromatic carbocycles. The molecule has 1 aliphatic rings. The molecule has 1 unspecified atom stereocenters. The zero-order chi connectivity index (χ0) is 19.2. The Kier molecular flexibility index (Phi) is 6.79. The number of rotatable bonds is 7. The molecular weight excluding hydrogens is 349 g/mol. The van der Waals surface area contributed by atoms with Gasteiger partial charge in [0.25, 0.3) is 0 Å². The van der Waals surface area contributed by atoms with E-state index in [2.05, 4.69) is 10.1 Å². The number of benzene rings is 1. The summed E-state index contributed by atoms with van der Waals surface area (Å²) in [5.41, 5.74) is 1.60. The fourth-order valence-electron chi connectivity index (χ4n) is 2.54. The molecule has 142 valence electrons. The number of ether oxygens (including phenoxy) is 1. The summed E-state index contributed by atoms with van der Waals surface area (Å²) < 4.78 is 40.4. The van der Waals surface area contributed by atoms with Gasteiger partial charge < -0.3 is 15.0 Å². The number of amides is 2. The highest BCUT2D eigenvalue weighted by Gasteiger charge is 2.27. The molecule has 0 bridgehead atoms. The number of hydrogen-bond donors (Lipinski definition) is 1. The van der Waals surface area contributed by atoms with Crippen molar-refractivity contribution < 1.29 is 27.5 Å². The highest BCUT2D eigenvalue weighted by atomic mass is 19.4. The van der Waals surface area contributed by atoms with Crippen LogP contribution in [0, 0.1) is 0 Å². The molecule has 1 fully saturated rings. The number of carbonyl (C=O) groups is 2. The number of carbonyl (C=O) groups excluding carboxylic acids is 2. The Morgan fingerprint density at radius 1 is 1.35 bits per heavy atom. The molecule has 1 N–H and O–H groups in total. The lowest BCUT2D eigenvalue weighted by molar-refractivity contribution is -0.175. The third kappa shape index (κ3) is 6.51. The van der Waals surface area contributed by atoms with Gasteiger partial charge in [-0.2, -0.15) is 13.2 Å². The van der Waals surface area contributed by atoms with Gasteiger partial charge in [0.05, 0.1) is 6.61 Å². The van der Waals surface area contributed by atoms with Crippen LogP contribution in [0.2, 0.25) is 0 Å². The Labute approximate surface area is 149 Å². The average Bonchev–Trinajstić information content (AvgIpc) is 2.98. The first-order valence-electron chi connectivity index (χ1n) is 8.28. The molecule has 1 aromatic rings. The maximum Gasteiger partial charge on any atom is 0.411 e. The van der Waals surface area contributed by atoms with Crippen molar-refractivity contribution in [2.75, 3.05) is 24.7 Å². The molecule has 0 saturated carbocycles. The first-order chi connectivity index (χ1) is 12.2. The maximum absolute atomic E-state index is 12.0. The molecule has 26 heavy (non-hydrogen) atoms. The fraction of sp³-hybridized carbons (Fsp3) is 0.444. The van der Waals surface area contributed by atoms with Gasteiger partial charge in [-0.1, -0.05) is 12.1 Å². The Hall–Kier alpha value is -2.35. The van der Waals surface area contributed by atoms with Crippen molar-refractivity contribution in [1.82, 2.24) is 5.32 Å². The number of nitrogens with zero attached hydrogens (tertiary/aromatic N) is 1. The van der Waals surface area contributed by atoms with Crippen LogP contribution in [0.25, 0.3) is 6.08 Å². The summed E-state index contributed by atoms with van der Waals surface area (Å²) in [5, 5.41) is 2.53. The van der Waals surface area contributed by atoms with Gasteiger partial charge in [0.15, 0.2) is 0 Å². The number of nitrogens with one attached hydrogen (secondary N) is 1. The van der Waals surface area contributed by atoms with E-state index in [1.807, 2.05) is 12.1 Å². The van der Waals surface area contributed by atoms with Crippen LogP contribution in [0.1, 0.15) is 25.3 Å². The quantitative estimate of drug-likeness (QED) is 0.751. The van der Waals surface area contributed by atoms with E-state index in [0.717, 1.165) is 17.7 Å². The van der Waals surface area contributed by atoms with E-state index < -0.39 is 24.7 Å². The zero-order valence-electron chi connectivity index (χ0n) is 14.4. The van der Waals surface area contributed by atoms with Gasteiger partial charge in [0.2, 0.25) is 11.8 Å². The SMILES string of the molecule is CC(COCC(F)(F)F)NC(=O)/C=C/c1ccc(N2CCCC2=O)cc1. The predicted octanol–water partition coefficient (Wildman–Crippen LogP) is 2.91. The lowest BCUT2D eigenvalue weighted by Gasteiger charge is -2.15. The molecule has 0 spiro atoms. The Morgan fingerprint density at radius 3 is 2.62 bits per heavy atom. The van der Waals surface area contributed by atoms with Gasteiger partial charge in [-0.15, -0.1) is 0 Å². The first-order valence-corrected chi connectivity index (χ1v) is 8.28. The summed E-state index contributed by atoms with van der Waals surface area (Å²) in [6, 6.07) is 6.67. The minimum atomic E-state index is -4.38. The minimum absolute atomic E-state index is 0.106. The topological polar surface area (TPSA) is 58.6 Å². The summed E-state index contributed by atoms with van der Waals surface area (Å²) in [7, 11) is 0. The molecule has 8 heteroatoms. The van der Waals surface area contributed by atoms with Crippen molar-refractivity contribution in [2.45, 2.75) is 32.0 Å². The van der Waals surface area contributed by atoms with Crippen molar-refractivity contribution >= 4 is 23.6 Å². The van der Waals surface area contributed by atoms with Crippen LogP contribution in [-0.2, 0) is 14.3 Å². The van der Waals surface area contributed by atoms with E-state index in [-0.39, 0.29) is 12.5 Å². The molecule has 1 saturated heterocycles. The summed E-state index contributed by atoms with van der Waals surface area (Å²) in [4.78, 5) is 25.2. The van der Waals surface area contributed by atoms with Crippen LogP contribution >= 0.6 is 0 Å². The molecule has 2 amide bonds. The van der Waals surface area contributed by atoms with Gasteiger partial charge in [-0.3, -0.25) is 9.59 Å². The molecule has 5 nitrogen and oxygen atoms in total. The second kappa shape index (κ2) is 8.84. The van der Waals surface area contributed by atoms with Crippen LogP contribution in [0.5, 0.6) is 0 Å². The van der Waals surface area contributed by atoms with Gasteiger partial charge in [0.1, 0.15) is 6.61 Å². The molecule has 0 aromatic heterocycles.